The van der Waals surface area contributed by atoms with Crippen molar-refractivity contribution in [2.75, 3.05) is 11.9 Å². The van der Waals surface area contributed by atoms with Gasteiger partial charge in [-0.1, -0.05) is 11.8 Å². The third-order valence-corrected chi connectivity index (χ3v) is 4.35. The van der Waals surface area contributed by atoms with Crippen molar-refractivity contribution in [1.82, 2.24) is 0 Å². The molecule has 0 bridgehead atoms. The molecule has 1 fully saturated rings. The smallest absolute Gasteiger partial charge is 0.182 e. The highest BCUT2D eigenvalue weighted by Gasteiger charge is 2.35. The van der Waals surface area contributed by atoms with E-state index >= 15 is 0 Å². The lowest BCUT2D eigenvalue weighted by Crippen LogP contribution is -2.10. The first-order chi connectivity index (χ1) is 8.63. The van der Waals surface area contributed by atoms with Gasteiger partial charge in [-0.25, -0.2) is 13.2 Å². The third-order valence-electron chi connectivity index (χ3n) is 3.06. The van der Waals surface area contributed by atoms with Crippen LogP contribution in [0.15, 0.2) is 17.1 Å². The minimum absolute atomic E-state index is 0.199. The van der Waals surface area contributed by atoms with Crippen LogP contribution in [0.1, 0.15) is 12.8 Å². The quantitative estimate of drug-likeness (QED) is 0.834. The molecule has 0 saturated heterocycles. The first-order valence-corrected chi connectivity index (χ1v) is 6.64. The predicted octanol–water partition coefficient (Wildman–Crippen LogP) is 3.40. The Kier molecular flexibility index (Phi) is 2.97. The summed E-state index contributed by atoms with van der Waals surface area (Å²) >= 11 is 1.52. The zero-order chi connectivity index (χ0) is 12.7. The summed E-state index contributed by atoms with van der Waals surface area (Å²) in [7, 11) is 0. The minimum Gasteiger partial charge on any atom is -0.332 e. The van der Waals surface area contributed by atoms with Crippen molar-refractivity contribution in [3.8, 4) is 0 Å². The van der Waals surface area contributed by atoms with E-state index in [1.54, 1.807) is 0 Å². The first-order valence-electron chi connectivity index (χ1n) is 5.76. The number of benzene rings is 1. The number of nitrogens with zero attached hydrogens (tertiary/aromatic N) is 1. The van der Waals surface area contributed by atoms with Crippen LogP contribution in [-0.4, -0.2) is 17.0 Å². The number of nitrogens with one attached hydrogen (secondary N) is 1. The molecule has 2 nitrogen and oxygen atoms in total. The van der Waals surface area contributed by atoms with Gasteiger partial charge in [0.15, 0.2) is 16.8 Å². The van der Waals surface area contributed by atoms with E-state index in [9.17, 15) is 13.2 Å². The van der Waals surface area contributed by atoms with Gasteiger partial charge in [-0.2, -0.15) is 0 Å². The van der Waals surface area contributed by atoms with Gasteiger partial charge in [-0.15, -0.1) is 0 Å². The van der Waals surface area contributed by atoms with E-state index < -0.39 is 17.5 Å². The lowest BCUT2D eigenvalue weighted by molar-refractivity contribution is 0.498. The van der Waals surface area contributed by atoms with Crippen LogP contribution < -0.4 is 5.32 Å². The van der Waals surface area contributed by atoms with Gasteiger partial charge in [-0.3, -0.25) is 4.99 Å². The number of anilines is 1. The molecule has 1 aliphatic heterocycles. The van der Waals surface area contributed by atoms with Crippen LogP contribution in [0.5, 0.6) is 0 Å². The Hall–Kier alpha value is -1.17. The maximum Gasteiger partial charge on any atom is 0.182 e. The molecule has 1 N–H and O–H groups in total. The second-order valence-corrected chi connectivity index (χ2v) is 5.74. The number of thioether (sulfide) groups is 1. The van der Waals surface area contributed by atoms with E-state index in [0.717, 1.165) is 6.07 Å². The van der Waals surface area contributed by atoms with Gasteiger partial charge in [0, 0.05) is 17.4 Å². The molecule has 0 radical (unpaired) electrons. The normalized spacial score (nSPS) is 23.1. The summed E-state index contributed by atoms with van der Waals surface area (Å²) in [6.45, 7) is 0.692. The highest BCUT2D eigenvalue weighted by atomic mass is 32.2. The van der Waals surface area contributed by atoms with Gasteiger partial charge in [0.05, 0.1) is 12.2 Å². The summed E-state index contributed by atoms with van der Waals surface area (Å²) in [4.78, 5) is 4.23. The third kappa shape index (κ3) is 2.34. The number of halogens is 3. The Labute approximate surface area is 107 Å². The molecule has 96 valence electrons. The molecule has 3 rings (SSSR count). The van der Waals surface area contributed by atoms with Crippen LogP contribution in [0.2, 0.25) is 0 Å². The lowest BCUT2D eigenvalue weighted by Gasteiger charge is -2.09. The molecule has 0 amide bonds. The van der Waals surface area contributed by atoms with Crippen LogP contribution in [0.4, 0.5) is 18.9 Å². The fourth-order valence-electron chi connectivity index (χ4n) is 1.94. The van der Waals surface area contributed by atoms with Crippen molar-refractivity contribution >= 4 is 22.6 Å². The average Bonchev–Trinajstić information content (AvgIpc) is 3.07. The van der Waals surface area contributed by atoms with Gasteiger partial charge < -0.3 is 5.32 Å². The highest BCUT2D eigenvalue weighted by molar-refractivity contribution is 8.15. The van der Waals surface area contributed by atoms with Gasteiger partial charge in [-0.05, 0) is 18.8 Å². The zero-order valence-electron chi connectivity index (χ0n) is 9.42. The van der Waals surface area contributed by atoms with Gasteiger partial charge in [0.25, 0.3) is 0 Å². The summed E-state index contributed by atoms with van der Waals surface area (Å²) in [5.41, 5.74) is -0.199. The average molecular weight is 272 g/mol. The molecular weight excluding hydrogens is 261 g/mol. The summed E-state index contributed by atoms with van der Waals surface area (Å²) in [5.74, 6) is -2.39. The van der Waals surface area contributed by atoms with Crippen LogP contribution >= 0.6 is 11.8 Å². The molecule has 1 atom stereocenters. The molecule has 1 unspecified atom stereocenters. The molecule has 2 aliphatic rings. The van der Waals surface area contributed by atoms with Crippen molar-refractivity contribution in [2.45, 2.75) is 18.1 Å². The predicted molar refractivity (Wildman–Crippen MR) is 66.3 cm³/mol. The molecule has 6 heteroatoms. The number of rotatable bonds is 2. The molecular formula is C12H11F3N2S. The standard InChI is InChI=1S/C12H11F3N2S/c13-7-3-8(14)11(15)9(4-7)17-12-16-5-10(18-12)6-1-2-6/h3-4,6,10H,1-2,5H2,(H,16,17). The van der Waals surface area contributed by atoms with Gasteiger partial charge >= 0.3 is 0 Å². The second-order valence-electron chi connectivity index (χ2n) is 4.51. The summed E-state index contributed by atoms with van der Waals surface area (Å²) < 4.78 is 39.5. The fourth-order valence-corrected chi connectivity index (χ4v) is 3.15. The maximum absolute atomic E-state index is 13.4. The fraction of sp³-hybridized carbons (Fsp3) is 0.417. The van der Waals surface area contributed by atoms with E-state index in [-0.39, 0.29) is 5.69 Å². The Bertz CT molecular complexity index is 514. The largest absolute Gasteiger partial charge is 0.332 e. The van der Waals surface area contributed by atoms with E-state index in [4.69, 9.17) is 0 Å². The molecule has 1 aromatic carbocycles. The first kappa shape index (κ1) is 11.9. The highest BCUT2D eigenvalue weighted by Crippen LogP contribution is 2.42. The van der Waals surface area contributed by atoms with Gasteiger partial charge in [0.1, 0.15) is 5.82 Å². The van der Waals surface area contributed by atoms with E-state index in [1.807, 2.05) is 0 Å². The lowest BCUT2D eigenvalue weighted by atomic mass is 10.3. The van der Waals surface area contributed by atoms with Crippen molar-refractivity contribution in [1.29, 1.82) is 0 Å². The molecule has 1 aliphatic carbocycles. The van der Waals surface area contributed by atoms with Gasteiger partial charge in [0.2, 0.25) is 0 Å². The number of aliphatic imine (C=N–C) groups is 1. The molecule has 0 spiro atoms. The minimum atomic E-state index is -1.19. The van der Waals surface area contributed by atoms with Crippen molar-refractivity contribution in [3.63, 3.8) is 0 Å². The summed E-state index contributed by atoms with van der Waals surface area (Å²) in [6, 6.07) is 1.46. The van der Waals surface area contributed by atoms with E-state index in [1.165, 1.54) is 24.6 Å². The topological polar surface area (TPSA) is 24.4 Å². The zero-order valence-corrected chi connectivity index (χ0v) is 10.2. The van der Waals surface area contributed by atoms with Crippen molar-refractivity contribution in [3.05, 3.63) is 29.6 Å². The van der Waals surface area contributed by atoms with Crippen molar-refractivity contribution < 1.29 is 13.2 Å². The van der Waals surface area contributed by atoms with Crippen molar-refractivity contribution in [2.24, 2.45) is 10.9 Å². The van der Waals surface area contributed by atoms with E-state index in [0.29, 0.717) is 28.9 Å². The van der Waals surface area contributed by atoms with E-state index in [2.05, 4.69) is 10.3 Å². The van der Waals surface area contributed by atoms with Crippen LogP contribution in [0.3, 0.4) is 0 Å². The Morgan fingerprint density at radius 3 is 2.72 bits per heavy atom. The molecule has 0 aromatic heterocycles. The molecule has 1 aromatic rings. The number of hydrogen-bond acceptors (Lipinski definition) is 3. The Morgan fingerprint density at radius 2 is 2.00 bits per heavy atom. The van der Waals surface area contributed by atoms with Crippen LogP contribution in [0.25, 0.3) is 0 Å². The number of amidine groups is 1. The van der Waals surface area contributed by atoms with Crippen LogP contribution in [0, 0.1) is 23.4 Å². The second kappa shape index (κ2) is 4.50. The molecule has 1 heterocycles. The number of hydrogen-bond donors (Lipinski definition) is 1. The molecule has 18 heavy (non-hydrogen) atoms. The Morgan fingerprint density at radius 1 is 1.22 bits per heavy atom. The van der Waals surface area contributed by atoms with Crippen LogP contribution in [-0.2, 0) is 0 Å². The SMILES string of the molecule is Fc1cc(F)c(F)c(NC2=NCC(C3CC3)S2)c1. The monoisotopic (exact) mass is 272 g/mol. The summed E-state index contributed by atoms with van der Waals surface area (Å²) in [6.07, 6.45) is 2.42. The Balaban J connectivity index is 1.73. The maximum atomic E-state index is 13.4. The molecule has 1 saturated carbocycles. The summed E-state index contributed by atoms with van der Waals surface area (Å²) in [5, 5.41) is 3.62.